The Bertz CT molecular complexity index is 1880. The summed E-state index contributed by atoms with van der Waals surface area (Å²) in [6, 6.07) is 58.9. The third kappa shape index (κ3) is 7.13. The zero-order valence-corrected chi connectivity index (χ0v) is 29.7. The molecule has 0 aliphatic carbocycles. The van der Waals surface area contributed by atoms with Crippen molar-refractivity contribution < 1.29 is 28.3 Å². The van der Waals surface area contributed by atoms with Crippen LogP contribution in [0.3, 0.4) is 0 Å². The van der Waals surface area contributed by atoms with E-state index in [0.29, 0.717) is 5.56 Å². The van der Waals surface area contributed by atoms with Crippen molar-refractivity contribution in [2.24, 2.45) is 0 Å². The average Bonchev–Trinajstić information content (AvgIpc) is 3.67. The van der Waals surface area contributed by atoms with Crippen LogP contribution in [0.1, 0.15) is 44.3 Å². The highest BCUT2D eigenvalue weighted by Crippen LogP contribution is 2.50. The van der Waals surface area contributed by atoms with Crippen molar-refractivity contribution in [1.29, 1.82) is 0 Å². The third-order valence-corrected chi connectivity index (χ3v) is 9.91. The highest BCUT2D eigenvalue weighted by Gasteiger charge is 2.61. The molecule has 0 amide bonds. The minimum Gasteiger partial charge on any atom is -0.450 e. The van der Waals surface area contributed by atoms with E-state index in [-0.39, 0.29) is 0 Å². The Morgan fingerprint density at radius 1 is 0.547 bits per heavy atom. The van der Waals surface area contributed by atoms with Crippen molar-refractivity contribution in [3.63, 3.8) is 0 Å². The van der Waals surface area contributed by atoms with Crippen LogP contribution in [0.2, 0.25) is 0 Å². The Labute approximate surface area is 311 Å². The number of carbonyl (C=O) groups is 1. The SMILES string of the molecule is COC(c1ccccc1)(c1ccccc1)[C@@H]1OB(/C=C/[C@@H](OC(=O)c2ccccc2)c2ccccc2)O[C@H]1C(OC)(c1ccccc1)c1ccccc1. The predicted molar refractivity (Wildman–Crippen MR) is 207 cm³/mol. The van der Waals surface area contributed by atoms with Gasteiger partial charge in [-0.15, -0.1) is 0 Å². The molecule has 0 radical (unpaired) electrons. The fraction of sp³-hybridized carbons (Fsp3) is 0.152. The van der Waals surface area contributed by atoms with E-state index in [4.69, 9.17) is 23.5 Å². The first-order chi connectivity index (χ1) is 26.1. The molecular formula is C46H41BO6. The minimum atomic E-state index is -1.15. The number of esters is 1. The summed E-state index contributed by atoms with van der Waals surface area (Å²) >= 11 is 0. The molecule has 264 valence electrons. The van der Waals surface area contributed by atoms with Gasteiger partial charge in [-0.1, -0.05) is 176 Å². The average molecular weight is 701 g/mol. The second-order valence-electron chi connectivity index (χ2n) is 12.8. The first-order valence-electron chi connectivity index (χ1n) is 17.7. The van der Waals surface area contributed by atoms with Crippen LogP contribution in [0.5, 0.6) is 0 Å². The Morgan fingerprint density at radius 2 is 0.887 bits per heavy atom. The molecule has 0 unspecified atom stereocenters. The molecule has 53 heavy (non-hydrogen) atoms. The van der Waals surface area contributed by atoms with E-state index in [1.165, 1.54) is 0 Å². The molecule has 1 fully saturated rings. The van der Waals surface area contributed by atoms with Gasteiger partial charge in [-0.3, -0.25) is 0 Å². The van der Waals surface area contributed by atoms with Crippen LogP contribution in [0.15, 0.2) is 194 Å². The van der Waals surface area contributed by atoms with Crippen LogP contribution in [-0.2, 0) is 34.7 Å². The second kappa shape index (κ2) is 16.4. The number of rotatable bonds is 13. The molecule has 0 aromatic heterocycles. The van der Waals surface area contributed by atoms with E-state index in [0.717, 1.165) is 27.8 Å². The topological polar surface area (TPSA) is 63.2 Å². The van der Waals surface area contributed by atoms with Crippen LogP contribution in [-0.4, -0.2) is 39.5 Å². The monoisotopic (exact) mass is 700 g/mol. The summed E-state index contributed by atoms with van der Waals surface area (Å²) in [6.45, 7) is 0. The highest BCUT2D eigenvalue weighted by atomic mass is 16.7. The molecule has 3 atom stereocenters. The van der Waals surface area contributed by atoms with Crippen LogP contribution >= 0.6 is 0 Å². The number of hydrogen-bond donors (Lipinski definition) is 0. The molecule has 6 nitrogen and oxygen atoms in total. The molecule has 1 saturated heterocycles. The maximum Gasteiger partial charge on any atom is 0.486 e. The number of ether oxygens (including phenoxy) is 3. The van der Waals surface area contributed by atoms with Crippen LogP contribution in [0, 0.1) is 0 Å². The lowest BCUT2D eigenvalue weighted by Gasteiger charge is -2.46. The van der Waals surface area contributed by atoms with Gasteiger partial charge in [0.2, 0.25) is 0 Å². The number of methoxy groups -OCH3 is 2. The van der Waals surface area contributed by atoms with Crippen LogP contribution in [0.4, 0.5) is 0 Å². The lowest BCUT2D eigenvalue weighted by Crippen LogP contribution is -2.56. The third-order valence-electron chi connectivity index (χ3n) is 9.91. The van der Waals surface area contributed by atoms with Gasteiger partial charge in [0.15, 0.2) is 0 Å². The molecule has 7 rings (SSSR count). The molecule has 1 aliphatic rings. The highest BCUT2D eigenvalue weighted by molar-refractivity contribution is 6.51. The first-order valence-corrected chi connectivity index (χ1v) is 17.7. The minimum absolute atomic E-state index is 0.439. The summed E-state index contributed by atoms with van der Waals surface area (Å²) < 4.78 is 33.8. The molecule has 1 aliphatic heterocycles. The second-order valence-corrected chi connectivity index (χ2v) is 12.8. The van der Waals surface area contributed by atoms with Crippen molar-refractivity contribution >= 4 is 13.1 Å². The van der Waals surface area contributed by atoms with Crippen molar-refractivity contribution in [2.75, 3.05) is 14.2 Å². The van der Waals surface area contributed by atoms with Gasteiger partial charge in [-0.25, -0.2) is 4.79 Å². The molecule has 6 aromatic rings. The normalized spacial score (nSPS) is 16.8. The van der Waals surface area contributed by atoms with E-state index >= 15 is 0 Å². The Balaban J connectivity index is 1.38. The van der Waals surface area contributed by atoms with Crippen molar-refractivity contribution in [3.05, 3.63) is 227 Å². The lowest BCUT2D eigenvalue weighted by atomic mass is 9.71. The Hall–Kier alpha value is -5.57. The summed E-state index contributed by atoms with van der Waals surface area (Å²) in [7, 11) is 2.52. The molecular weight excluding hydrogens is 659 g/mol. The zero-order valence-electron chi connectivity index (χ0n) is 29.7. The molecule has 0 spiro atoms. The largest absolute Gasteiger partial charge is 0.486 e. The van der Waals surface area contributed by atoms with Crippen LogP contribution < -0.4 is 0 Å². The maximum atomic E-state index is 13.3. The predicted octanol–water partition coefficient (Wildman–Crippen LogP) is 9.13. The molecule has 0 saturated carbocycles. The van der Waals surface area contributed by atoms with E-state index in [2.05, 4.69) is 0 Å². The van der Waals surface area contributed by atoms with Gasteiger partial charge in [0.25, 0.3) is 0 Å². The van der Waals surface area contributed by atoms with Gasteiger partial charge in [0, 0.05) is 14.2 Å². The first kappa shape index (κ1) is 35.8. The Kier molecular flexibility index (Phi) is 11.1. The number of carbonyl (C=O) groups excluding carboxylic acids is 1. The van der Waals surface area contributed by atoms with Crippen molar-refractivity contribution in [1.82, 2.24) is 0 Å². The molecule has 0 N–H and O–H groups in total. The fourth-order valence-electron chi connectivity index (χ4n) is 7.42. The summed E-state index contributed by atoms with van der Waals surface area (Å²) in [5, 5.41) is 0. The van der Waals surface area contributed by atoms with E-state index in [9.17, 15) is 4.79 Å². The van der Waals surface area contributed by atoms with Gasteiger partial charge in [-0.2, -0.15) is 0 Å². The van der Waals surface area contributed by atoms with Gasteiger partial charge in [-0.05, 0) is 46.0 Å². The van der Waals surface area contributed by atoms with E-state index < -0.39 is 42.6 Å². The molecule has 6 aromatic carbocycles. The lowest BCUT2D eigenvalue weighted by molar-refractivity contribution is -0.136. The Morgan fingerprint density at radius 3 is 1.25 bits per heavy atom. The zero-order chi connectivity index (χ0) is 36.5. The van der Waals surface area contributed by atoms with Crippen molar-refractivity contribution in [2.45, 2.75) is 29.5 Å². The van der Waals surface area contributed by atoms with E-state index in [1.807, 2.05) is 182 Å². The van der Waals surface area contributed by atoms with E-state index in [1.54, 1.807) is 26.4 Å². The van der Waals surface area contributed by atoms with Crippen molar-refractivity contribution in [3.8, 4) is 0 Å². The summed E-state index contributed by atoms with van der Waals surface area (Å²) in [5.74, 6) is 1.38. The number of benzene rings is 6. The summed E-state index contributed by atoms with van der Waals surface area (Å²) in [5.41, 5.74) is 2.53. The summed E-state index contributed by atoms with van der Waals surface area (Å²) in [4.78, 5) is 13.3. The molecule has 1 heterocycles. The van der Waals surface area contributed by atoms with Gasteiger partial charge >= 0.3 is 13.1 Å². The van der Waals surface area contributed by atoms with Gasteiger partial charge in [0.1, 0.15) is 29.5 Å². The van der Waals surface area contributed by atoms with Crippen LogP contribution in [0.25, 0.3) is 0 Å². The quantitative estimate of drug-likeness (QED) is 0.0885. The molecule has 7 heteroatoms. The summed E-state index contributed by atoms with van der Waals surface area (Å²) in [6.07, 6.45) is -0.442. The smallest absolute Gasteiger partial charge is 0.450 e. The standard InChI is InChI=1S/C46H41BO6/c1-49-45(37-25-13-5-14-26-37,38-27-15-6-16-28-38)42-43(46(50-2,39-29-17-7-18-30-39)40-31-19-8-20-32-40)53-47(52-42)34-33-41(35-21-9-3-10-22-35)51-44(48)36-23-11-4-12-24-36/h3-34,41-43H,1-2H3/b34-33+/t41-,42-,43-/m1/s1. The van der Waals surface area contributed by atoms with Gasteiger partial charge in [0.05, 0.1) is 5.56 Å². The molecule has 0 bridgehead atoms. The fourth-order valence-corrected chi connectivity index (χ4v) is 7.42. The van der Waals surface area contributed by atoms with Gasteiger partial charge < -0.3 is 23.5 Å². The number of hydrogen-bond acceptors (Lipinski definition) is 6. The maximum absolute atomic E-state index is 13.3.